The third-order valence-electron chi connectivity index (χ3n) is 3.10. The molecule has 0 radical (unpaired) electrons. The van der Waals surface area contributed by atoms with Crippen molar-refractivity contribution in [1.29, 1.82) is 0 Å². The summed E-state index contributed by atoms with van der Waals surface area (Å²) in [5.41, 5.74) is 6.86. The summed E-state index contributed by atoms with van der Waals surface area (Å²) in [5, 5.41) is 9.56. The van der Waals surface area contributed by atoms with Gasteiger partial charge in [-0.05, 0) is 25.0 Å². The van der Waals surface area contributed by atoms with Crippen molar-refractivity contribution in [3.8, 4) is 0 Å². The van der Waals surface area contributed by atoms with Gasteiger partial charge in [0.15, 0.2) is 0 Å². The van der Waals surface area contributed by atoms with Gasteiger partial charge in [0.05, 0.1) is 6.10 Å². The molecule has 0 bridgehead atoms. The second-order valence-corrected chi connectivity index (χ2v) is 4.93. The van der Waals surface area contributed by atoms with Crippen LogP contribution in [0.1, 0.15) is 28.8 Å². The predicted molar refractivity (Wildman–Crippen MR) is 73.5 cm³/mol. The van der Waals surface area contributed by atoms with E-state index in [2.05, 4.69) is 0 Å². The zero-order valence-electron chi connectivity index (χ0n) is 10.0. The first-order chi connectivity index (χ1) is 8.58. The van der Waals surface area contributed by atoms with Gasteiger partial charge in [-0.2, -0.15) is 0 Å². The summed E-state index contributed by atoms with van der Waals surface area (Å²) < 4.78 is 0. The number of aliphatic hydroxyl groups is 1. The summed E-state index contributed by atoms with van der Waals surface area (Å²) in [6.07, 6.45) is 1.21. The van der Waals surface area contributed by atoms with Gasteiger partial charge in [-0.3, -0.25) is 4.79 Å². The van der Waals surface area contributed by atoms with Crippen molar-refractivity contribution in [2.75, 3.05) is 13.1 Å². The summed E-state index contributed by atoms with van der Waals surface area (Å²) in [7, 11) is 0. The lowest BCUT2D eigenvalue weighted by Crippen LogP contribution is -2.42. The molecule has 0 saturated carbocycles. The van der Waals surface area contributed by atoms with Crippen molar-refractivity contribution in [3.63, 3.8) is 0 Å². The predicted octanol–water partition coefficient (Wildman–Crippen LogP) is 0.918. The van der Waals surface area contributed by atoms with Crippen LogP contribution in [0.5, 0.6) is 0 Å². The van der Waals surface area contributed by atoms with Gasteiger partial charge in [0, 0.05) is 24.2 Å². The fourth-order valence-electron chi connectivity index (χ4n) is 2.10. The van der Waals surface area contributed by atoms with E-state index in [1.807, 2.05) is 0 Å². The van der Waals surface area contributed by atoms with Crippen molar-refractivity contribution in [2.45, 2.75) is 18.9 Å². The van der Waals surface area contributed by atoms with Crippen LogP contribution in [0, 0.1) is 0 Å². The number of benzene rings is 1. The van der Waals surface area contributed by atoms with Crippen LogP contribution < -0.4 is 5.73 Å². The smallest absolute Gasteiger partial charge is 0.253 e. The summed E-state index contributed by atoms with van der Waals surface area (Å²) >= 11 is 4.86. The highest BCUT2D eigenvalue weighted by Gasteiger charge is 2.22. The maximum Gasteiger partial charge on any atom is 0.253 e. The number of likely N-dealkylation sites (tertiary alicyclic amines) is 1. The molecule has 18 heavy (non-hydrogen) atoms. The van der Waals surface area contributed by atoms with Crippen LogP contribution in [-0.4, -0.2) is 40.1 Å². The Labute approximate surface area is 111 Å². The SMILES string of the molecule is NC(=S)c1ccc(C(=O)N2CCCC(O)C2)cc1. The van der Waals surface area contributed by atoms with Crippen LogP contribution in [0.15, 0.2) is 24.3 Å². The number of aliphatic hydroxyl groups excluding tert-OH is 1. The number of β-amino-alcohol motifs (C(OH)–C–C–N with tert-alkyl or cyclic N) is 1. The number of hydrogen-bond donors (Lipinski definition) is 2. The number of thiocarbonyl (C=S) groups is 1. The van der Waals surface area contributed by atoms with Crippen molar-refractivity contribution in [1.82, 2.24) is 4.90 Å². The van der Waals surface area contributed by atoms with Crippen molar-refractivity contribution in [3.05, 3.63) is 35.4 Å². The van der Waals surface area contributed by atoms with E-state index in [1.54, 1.807) is 29.2 Å². The molecule has 0 aromatic heterocycles. The second-order valence-electron chi connectivity index (χ2n) is 4.49. The number of nitrogens with zero attached hydrogens (tertiary/aromatic N) is 1. The highest BCUT2D eigenvalue weighted by molar-refractivity contribution is 7.80. The van der Waals surface area contributed by atoms with Crippen LogP contribution >= 0.6 is 12.2 Å². The Morgan fingerprint density at radius 3 is 2.50 bits per heavy atom. The van der Waals surface area contributed by atoms with Crippen LogP contribution in [0.3, 0.4) is 0 Å². The first-order valence-electron chi connectivity index (χ1n) is 5.95. The Hall–Kier alpha value is -1.46. The van der Waals surface area contributed by atoms with Gasteiger partial charge in [0.25, 0.3) is 5.91 Å². The first-order valence-corrected chi connectivity index (χ1v) is 6.36. The van der Waals surface area contributed by atoms with E-state index in [4.69, 9.17) is 18.0 Å². The number of nitrogens with two attached hydrogens (primary N) is 1. The van der Waals surface area contributed by atoms with Crippen molar-refractivity contribution < 1.29 is 9.90 Å². The molecule has 1 aromatic rings. The standard InChI is InChI=1S/C13H16N2O2S/c14-12(18)9-3-5-10(6-4-9)13(17)15-7-1-2-11(16)8-15/h3-6,11,16H,1-2,7-8H2,(H2,14,18). The molecule has 1 heterocycles. The van der Waals surface area contributed by atoms with E-state index < -0.39 is 6.10 Å². The molecule has 1 amide bonds. The summed E-state index contributed by atoms with van der Waals surface area (Å²) in [5.74, 6) is -0.0526. The van der Waals surface area contributed by atoms with Crippen LogP contribution in [0.25, 0.3) is 0 Å². The molecular formula is C13H16N2O2S. The number of carbonyl (C=O) groups excluding carboxylic acids is 1. The van der Waals surface area contributed by atoms with Crippen LogP contribution in [0.2, 0.25) is 0 Å². The molecule has 1 fully saturated rings. The third kappa shape index (κ3) is 2.86. The molecule has 1 aliphatic rings. The zero-order chi connectivity index (χ0) is 13.1. The highest BCUT2D eigenvalue weighted by Crippen LogP contribution is 2.14. The number of rotatable bonds is 2. The van der Waals surface area contributed by atoms with Crippen molar-refractivity contribution in [2.24, 2.45) is 5.73 Å². The summed E-state index contributed by atoms with van der Waals surface area (Å²) in [4.78, 5) is 14.2. The lowest BCUT2D eigenvalue weighted by Gasteiger charge is -2.30. The lowest BCUT2D eigenvalue weighted by molar-refractivity contribution is 0.0474. The minimum Gasteiger partial charge on any atom is -0.391 e. The molecule has 0 aliphatic carbocycles. The number of hydrogen-bond acceptors (Lipinski definition) is 3. The van der Waals surface area contributed by atoms with Crippen LogP contribution in [-0.2, 0) is 0 Å². The lowest BCUT2D eigenvalue weighted by atomic mass is 10.1. The average Bonchev–Trinajstić information content (AvgIpc) is 2.38. The molecule has 5 heteroatoms. The largest absolute Gasteiger partial charge is 0.391 e. The highest BCUT2D eigenvalue weighted by atomic mass is 32.1. The molecule has 0 spiro atoms. The molecule has 1 saturated heterocycles. The molecule has 1 aliphatic heterocycles. The minimum atomic E-state index is -0.404. The van der Waals surface area contributed by atoms with E-state index in [-0.39, 0.29) is 5.91 Å². The Bertz CT molecular complexity index is 459. The summed E-state index contributed by atoms with van der Waals surface area (Å²) in [6.45, 7) is 1.11. The van der Waals surface area contributed by atoms with E-state index in [9.17, 15) is 9.90 Å². The van der Waals surface area contributed by atoms with Gasteiger partial charge < -0.3 is 15.7 Å². The monoisotopic (exact) mass is 264 g/mol. The fraction of sp³-hybridized carbons (Fsp3) is 0.385. The molecule has 1 atom stereocenters. The van der Waals surface area contributed by atoms with E-state index in [0.29, 0.717) is 23.6 Å². The fourth-order valence-corrected chi connectivity index (χ4v) is 2.23. The molecular weight excluding hydrogens is 248 g/mol. The maximum absolute atomic E-state index is 12.2. The normalized spacial score (nSPS) is 19.6. The van der Waals surface area contributed by atoms with Gasteiger partial charge in [0.1, 0.15) is 4.99 Å². The minimum absolute atomic E-state index is 0.0526. The zero-order valence-corrected chi connectivity index (χ0v) is 10.8. The Kier molecular flexibility index (Phi) is 3.93. The summed E-state index contributed by atoms with van der Waals surface area (Å²) in [6, 6.07) is 6.93. The topological polar surface area (TPSA) is 66.6 Å². The molecule has 1 aromatic carbocycles. The Morgan fingerprint density at radius 2 is 1.94 bits per heavy atom. The van der Waals surface area contributed by atoms with Gasteiger partial charge in [-0.1, -0.05) is 24.4 Å². The molecule has 2 rings (SSSR count). The number of piperidine rings is 1. The first kappa shape index (κ1) is 13.0. The maximum atomic E-state index is 12.2. The average molecular weight is 264 g/mol. The quantitative estimate of drug-likeness (QED) is 0.779. The molecule has 96 valence electrons. The van der Waals surface area contributed by atoms with Gasteiger partial charge in [-0.15, -0.1) is 0 Å². The number of amides is 1. The molecule has 4 nitrogen and oxygen atoms in total. The van der Waals surface area contributed by atoms with Gasteiger partial charge >= 0.3 is 0 Å². The van der Waals surface area contributed by atoms with Gasteiger partial charge in [0.2, 0.25) is 0 Å². The van der Waals surface area contributed by atoms with Crippen molar-refractivity contribution >= 4 is 23.1 Å². The number of carbonyl (C=O) groups is 1. The molecule has 1 unspecified atom stereocenters. The third-order valence-corrected chi connectivity index (χ3v) is 3.34. The van der Waals surface area contributed by atoms with Crippen LogP contribution in [0.4, 0.5) is 0 Å². The van der Waals surface area contributed by atoms with E-state index >= 15 is 0 Å². The van der Waals surface area contributed by atoms with Gasteiger partial charge in [-0.25, -0.2) is 0 Å². The van der Waals surface area contributed by atoms with E-state index in [0.717, 1.165) is 18.4 Å². The Balaban J connectivity index is 2.10. The Morgan fingerprint density at radius 1 is 1.33 bits per heavy atom. The second kappa shape index (κ2) is 5.46. The molecule has 3 N–H and O–H groups in total. The van der Waals surface area contributed by atoms with E-state index in [1.165, 1.54) is 0 Å².